The third-order valence-corrected chi connectivity index (χ3v) is 2.51. The lowest BCUT2D eigenvalue weighted by Crippen LogP contribution is -2.21. The molecule has 0 amide bonds. The minimum absolute atomic E-state index is 0.285. The fourth-order valence-corrected chi connectivity index (χ4v) is 1.68. The van der Waals surface area contributed by atoms with Gasteiger partial charge >= 0.3 is 0 Å². The number of nitrogens with two attached hydrogens (primary N) is 1. The molecular weight excluding hydrogens is 150 g/mol. The second-order valence-electron chi connectivity index (χ2n) is 3.41. The van der Waals surface area contributed by atoms with Crippen LogP contribution in [0.4, 0.5) is 0 Å². The molecule has 1 saturated carbocycles. The molecule has 3 atom stereocenters. The predicted octanol–water partition coefficient (Wildman–Crippen LogP) is 1.07. The monoisotopic (exact) mass is 163 g/mol. The Labute approximate surface area is 72.0 Å². The summed E-state index contributed by atoms with van der Waals surface area (Å²) in [7, 11) is 0. The van der Waals surface area contributed by atoms with Gasteiger partial charge in [0.25, 0.3) is 0 Å². The van der Waals surface area contributed by atoms with Crippen LogP contribution in [-0.4, -0.2) is 11.3 Å². The molecule has 0 bridgehead atoms. The first-order valence-corrected chi connectivity index (χ1v) is 4.27. The lowest BCUT2D eigenvalue weighted by atomic mass is 10.1. The third kappa shape index (κ3) is 1.36. The number of rotatable bonds is 2. The first-order chi connectivity index (χ1) is 5.79. The molecule has 0 saturated heterocycles. The van der Waals surface area contributed by atoms with Crippen LogP contribution in [0.2, 0.25) is 0 Å². The fourth-order valence-electron chi connectivity index (χ4n) is 1.68. The van der Waals surface area contributed by atoms with E-state index in [1.54, 1.807) is 0 Å². The number of aliphatic hydroxyl groups excluding tert-OH is 1. The van der Waals surface area contributed by atoms with E-state index in [2.05, 4.69) is 12.1 Å². The van der Waals surface area contributed by atoms with E-state index in [0.29, 0.717) is 5.92 Å². The van der Waals surface area contributed by atoms with Crippen LogP contribution in [0.3, 0.4) is 0 Å². The van der Waals surface area contributed by atoms with Crippen LogP contribution in [0.1, 0.15) is 17.9 Å². The Morgan fingerprint density at radius 2 is 2.00 bits per heavy atom. The Kier molecular flexibility index (Phi) is 1.87. The fraction of sp³-hybridized carbons (Fsp3) is 0.400. The molecule has 2 nitrogen and oxygen atoms in total. The molecule has 0 heterocycles. The highest BCUT2D eigenvalue weighted by Gasteiger charge is 2.41. The van der Waals surface area contributed by atoms with Crippen molar-refractivity contribution >= 4 is 0 Å². The van der Waals surface area contributed by atoms with E-state index in [4.69, 9.17) is 10.8 Å². The van der Waals surface area contributed by atoms with Gasteiger partial charge in [-0.3, -0.25) is 0 Å². The number of aliphatic hydroxyl groups is 1. The van der Waals surface area contributed by atoms with Crippen LogP contribution in [0.25, 0.3) is 0 Å². The molecule has 0 aromatic heterocycles. The number of benzene rings is 1. The Morgan fingerprint density at radius 1 is 1.33 bits per heavy atom. The van der Waals surface area contributed by atoms with Gasteiger partial charge in [0.15, 0.2) is 0 Å². The average molecular weight is 163 g/mol. The van der Waals surface area contributed by atoms with E-state index < -0.39 is 6.23 Å². The van der Waals surface area contributed by atoms with Crippen molar-refractivity contribution in [1.82, 2.24) is 0 Å². The topological polar surface area (TPSA) is 46.2 Å². The molecule has 2 rings (SSSR count). The molecule has 1 aliphatic rings. The quantitative estimate of drug-likeness (QED) is 0.640. The summed E-state index contributed by atoms with van der Waals surface area (Å²) in [6, 6.07) is 10.2. The largest absolute Gasteiger partial charge is 0.379 e. The lowest BCUT2D eigenvalue weighted by molar-refractivity contribution is 0.156. The van der Waals surface area contributed by atoms with E-state index in [-0.39, 0.29) is 5.92 Å². The normalized spacial score (nSPS) is 29.8. The minimum Gasteiger partial charge on any atom is -0.379 e. The lowest BCUT2D eigenvalue weighted by Gasteiger charge is -2.02. The van der Waals surface area contributed by atoms with Gasteiger partial charge in [-0.05, 0) is 17.9 Å². The molecule has 1 aromatic carbocycles. The Bertz CT molecular complexity index is 258. The standard InChI is InChI=1S/C10H13NO/c11-10(12)9-6-8(9)7-4-2-1-3-5-7/h1-5,8-10,12H,6,11H2/t8-,9+,10?/m0/s1. The van der Waals surface area contributed by atoms with Crippen molar-refractivity contribution in [2.24, 2.45) is 11.7 Å². The van der Waals surface area contributed by atoms with Crippen LogP contribution in [0, 0.1) is 5.92 Å². The SMILES string of the molecule is NC(O)[C@@H]1C[C@H]1c1ccccc1. The van der Waals surface area contributed by atoms with Gasteiger partial charge in [0.1, 0.15) is 6.23 Å². The minimum atomic E-state index is -0.643. The van der Waals surface area contributed by atoms with Crippen LogP contribution >= 0.6 is 0 Å². The second-order valence-corrected chi connectivity index (χ2v) is 3.41. The van der Waals surface area contributed by atoms with Crippen molar-refractivity contribution < 1.29 is 5.11 Å². The van der Waals surface area contributed by atoms with Gasteiger partial charge in [0.2, 0.25) is 0 Å². The molecule has 12 heavy (non-hydrogen) atoms. The van der Waals surface area contributed by atoms with Crippen LogP contribution in [0.15, 0.2) is 30.3 Å². The van der Waals surface area contributed by atoms with Gasteiger partial charge in [-0.1, -0.05) is 30.3 Å². The summed E-state index contributed by atoms with van der Waals surface area (Å²) in [5, 5.41) is 9.10. The molecule has 2 heteroatoms. The van der Waals surface area contributed by atoms with Crippen molar-refractivity contribution in [1.29, 1.82) is 0 Å². The van der Waals surface area contributed by atoms with Crippen LogP contribution in [0.5, 0.6) is 0 Å². The molecule has 1 aliphatic carbocycles. The molecule has 0 aliphatic heterocycles. The van der Waals surface area contributed by atoms with Crippen molar-refractivity contribution in [2.45, 2.75) is 18.6 Å². The van der Waals surface area contributed by atoms with Crippen molar-refractivity contribution in [3.8, 4) is 0 Å². The van der Waals surface area contributed by atoms with E-state index >= 15 is 0 Å². The summed E-state index contributed by atoms with van der Waals surface area (Å²) in [6.07, 6.45) is 0.386. The van der Waals surface area contributed by atoms with Crippen molar-refractivity contribution in [2.75, 3.05) is 0 Å². The molecule has 0 spiro atoms. The van der Waals surface area contributed by atoms with Gasteiger partial charge in [0, 0.05) is 5.92 Å². The summed E-state index contributed by atoms with van der Waals surface area (Å²) in [4.78, 5) is 0. The number of hydrogen-bond acceptors (Lipinski definition) is 2. The molecule has 1 fully saturated rings. The Morgan fingerprint density at radius 3 is 2.50 bits per heavy atom. The molecular formula is C10H13NO. The van der Waals surface area contributed by atoms with E-state index in [9.17, 15) is 0 Å². The summed E-state index contributed by atoms with van der Waals surface area (Å²) >= 11 is 0. The molecule has 3 N–H and O–H groups in total. The van der Waals surface area contributed by atoms with Gasteiger partial charge in [-0.15, -0.1) is 0 Å². The highest BCUT2D eigenvalue weighted by molar-refractivity contribution is 5.25. The maximum absolute atomic E-state index is 9.10. The van der Waals surface area contributed by atoms with E-state index in [1.165, 1.54) is 5.56 Å². The third-order valence-electron chi connectivity index (χ3n) is 2.51. The van der Waals surface area contributed by atoms with Crippen molar-refractivity contribution in [3.05, 3.63) is 35.9 Å². The molecule has 1 aromatic rings. The zero-order valence-electron chi connectivity index (χ0n) is 6.85. The van der Waals surface area contributed by atoms with E-state index in [1.807, 2.05) is 18.2 Å². The number of hydrogen-bond donors (Lipinski definition) is 2. The van der Waals surface area contributed by atoms with Gasteiger partial charge in [-0.25, -0.2) is 0 Å². The summed E-state index contributed by atoms with van der Waals surface area (Å²) in [6.45, 7) is 0. The van der Waals surface area contributed by atoms with Crippen LogP contribution in [-0.2, 0) is 0 Å². The summed E-state index contributed by atoms with van der Waals surface area (Å²) in [5.74, 6) is 0.776. The Hall–Kier alpha value is -0.860. The molecule has 64 valence electrons. The first-order valence-electron chi connectivity index (χ1n) is 4.27. The van der Waals surface area contributed by atoms with Gasteiger partial charge in [0.05, 0.1) is 0 Å². The van der Waals surface area contributed by atoms with Gasteiger partial charge in [-0.2, -0.15) is 0 Å². The smallest absolute Gasteiger partial charge is 0.105 e. The Balaban J connectivity index is 2.06. The maximum Gasteiger partial charge on any atom is 0.105 e. The average Bonchev–Trinajstić information content (AvgIpc) is 2.84. The van der Waals surface area contributed by atoms with Crippen molar-refractivity contribution in [3.63, 3.8) is 0 Å². The first kappa shape index (κ1) is 7.77. The second kappa shape index (κ2) is 2.88. The highest BCUT2D eigenvalue weighted by atomic mass is 16.3. The summed E-state index contributed by atoms with van der Waals surface area (Å²) in [5.41, 5.74) is 6.68. The highest BCUT2D eigenvalue weighted by Crippen LogP contribution is 2.48. The van der Waals surface area contributed by atoms with E-state index in [0.717, 1.165) is 6.42 Å². The molecule has 0 radical (unpaired) electrons. The zero-order valence-corrected chi connectivity index (χ0v) is 6.85. The zero-order chi connectivity index (χ0) is 8.55. The van der Waals surface area contributed by atoms with Gasteiger partial charge < -0.3 is 10.8 Å². The molecule has 1 unspecified atom stereocenters. The summed E-state index contributed by atoms with van der Waals surface area (Å²) < 4.78 is 0. The maximum atomic E-state index is 9.10. The predicted molar refractivity (Wildman–Crippen MR) is 47.5 cm³/mol. The van der Waals surface area contributed by atoms with Crippen LogP contribution < -0.4 is 5.73 Å².